The lowest BCUT2D eigenvalue weighted by Gasteiger charge is -1.98. The average Bonchev–Trinajstić information content (AvgIpc) is 1.90. The molecule has 0 spiro atoms. The normalized spacial score (nSPS) is 9.44. The number of benzene rings is 1. The smallest absolute Gasteiger partial charge is 0.204 e. The molecule has 1 nitrogen and oxygen atoms in total. The van der Waals surface area contributed by atoms with Gasteiger partial charge in [0.2, 0.25) is 10.5 Å². The highest BCUT2D eigenvalue weighted by Crippen LogP contribution is 2.06. The molecule has 0 aliphatic heterocycles. The van der Waals surface area contributed by atoms with Crippen molar-refractivity contribution in [2.75, 3.05) is 0 Å². The van der Waals surface area contributed by atoms with Crippen molar-refractivity contribution in [3.8, 4) is 5.75 Å². The molecule has 0 heterocycles. The SMILES string of the molecule is [SiH3]Oc1ccc(P)cc1. The van der Waals surface area contributed by atoms with Crippen LogP contribution in [0.15, 0.2) is 24.3 Å². The molecule has 0 aliphatic carbocycles. The van der Waals surface area contributed by atoms with Gasteiger partial charge in [-0.2, -0.15) is 0 Å². The van der Waals surface area contributed by atoms with E-state index in [4.69, 9.17) is 4.43 Å². The third-order valence-electron chi connectivity index (χ3n) is 1.12. The third kappa shape index (κ3) is 1.81. The minimum Gasteiger partial charge on any atom is -0.553 e. The second-order valence-electron chi connectivity index (χ2n) is 1.77. The summed E-state index contributed by atoms with van der Waals surface area (Å²) >= 11 is 0. The Balaban J connectivity index is 2.88. The summed E-state index contributed by atoms with van der Waals surface area (Å²) in [6.07, 6.45) is 0. The second kappa shape index (κ2) is 2.99. The summed E-state index contributed by atoms with van der Waals surface area (Å²) in [4.78, 5) is 0. The molecule has 1 aromatic carbocycles. The Kier molecular flexibility index (Phi) is 2.26. The van der Waals surface area contributed by atoms with Gasteiger partial charge in [-0.1, -0.05) is 12.1 Å². The first-order valence-electron chi connectivity index (χ1n) is 2.72. The predicted molar refractivity (Wildman–Crippen MR) is 46.4 cm³/mol. The van der Waals surface area contributed by atoms with Gasteiger partial charge in [-0.05, 0) is 17.4 Å². The van der Waals surface area contributed by atoms with Gasteiger partial charge < -0.3 is 4.43 Å². The first kappa shape index (κ1) is 6.78. The van der Waals surface area contributed by atoms with Gasteiger partial charge in [0.25, 0.3) is 0 Å². The van der Waals surface area contributed by atoms with Crippen LogP contribution in [0.2, 0.25) is 0 Å². The zero-order valence-electron chi connectivity index (χ0n) is 5.29. The maximum absolute atomic E-state index is 5.10. The maximum atomic E-state index is 5.10. The van der Waals surface area contributed by atoms with Gasteiger partial charge in [0.05, 0.1) is 0 Å². The topological polar surface area (TPSA) is 9.23 Å². The molecule has 3 heteroatoms. The molecule has 0 N–H and O–H groups in total. The van der Waals surface area contributed by atoms with Gasteiger partial charge >= 0.3 is 0 Å². The molecule has 9 heavy (non-hydrogen) atoms. The Morgan fingerprint density at radius 2 is 1.78 bits per heavy atom. The molecule has 0 aliphatic rings. The molecule has 0 saturated heterocycles. The molecular weight excluding hydrogens is 147 g/mol. The van der Waals surface area contributed by atoms with Gasteiger partial charge in [-0.25, -0.2) is 0 Å². The van der Waals surface area contributed by atoms with E-state index in [0.717, 1.165) is 16.2 Å². The Hall–Kier alpha value is -0.333. The van der Waals surface area contributed by atoms with Crippen molar-refractivity contribution in [1.29, 1.82) is 0 Å². The van der Waals surface area contributed by atoms with Crippen LogP contribution in [0.5, 0.6) is 5.75 Å². The fourth-order valence-electron chi connectivity index (χ4n) is 0.604. The summed E-state index contributed by atoms with van der Waals surface area (Å²) in [7, 11) is 3.40. The van der Waals surface area contributed by atoms with Gasteiger partial charge in [-0.3, -0.25) is 0 Å². The van der Waals surface area contributed by atoms with E-state index in [9.17, 15) is 0 Å². The highest BCUT2D eigenvalue weighted by Gasteiger charge is 1.85. The summed E-state index contributed by atoms with van der Waals surface area (Å²) in [5.41, 5.74) is 0. The molecule has 0 saturated carbocycles. The lowest BCUT2D eigenvalue weighted by atomic mass is 10.3. The fraction of sp³-hybridized carbons (Fsp3) is 0. The number of rotatable bonds is 1. The summed E-state index contributed by atoms with van der Waals surface area (Å²) < 4.78 is 5.10. The first-order valence-corrected chi connectivity index (χ1v) is 4.12. The zero-order valence-corrected chi connectivity index (χ0v) is 8.45. The molecule has 0 bridgehead atoms. The van der Waals surface area contributed by atoms with Crippen molar-refractivity contribution < 1.29 is 4.43 Å². The molecule has 0 radical (unpaired) electrons. The summed E-state index contributed by atoms with van der Waals surface area (Å²) in [5, 5.41) is 1.19. The second-order valence-corrected chi connectivity index (χ2v) is 2.85. The van der Waals surface area contributed by atoms with Crippen molar-refractivity contribution in [1.82, 2.24) is 0 Å². The van der Waals surface area contributed by atoms with Crippen molar-refractivity contribution in [2.24, 2.45) is 0 Å². The first-order chi connectivity index (χ1) is 4.33. The van der Waals surface area contributed by atoms with Crippen LogP contribution in [0, 0.1) is 0 Å². The average molecular weight is 156 g/mol. The zero-order chi connectivity index (χ0) is 6.69. The maximum Gasteiger partial charge on any atom is 0.204 e. The summed E-state index contributed by atoms with van der Waals surface area (Å²) in [6, 6.07) is 7.96. The molecule has 0 fully saturated rings. The molecule has 1 aromatic rings. The van der Waals surface area contributed by atoms with E-state index in [-0.39, 0.29) is 0 Å². The van der Waals surface area contributed by atoms with Crippen molar-refractivity contribution in [2.45, 2.75) is 0 Å². The molecule has 0 amide bonds. The number of hydrogen-bond donors (Lipinski definition) is 0. The largest absolute Gasteiger partial charge is 0.553 e. The minimum atomic E-state index is 0.768. The number of hydrogen-bond acceptors (Lipinski definition) is 1. The molecule has 1 unspecified atom stereocenters. The minimum absolute atomic E-state index is 0.768. The quantitative estimate of drug-likeness (QED) is 0.406. The van der Waals surface area contributed by atoms with Crippen LogP contribution in [0.25, 0.3) is 0 Å². The van der Waals surface area contributed by atoms with Gasteiger partial charge in [0.1, 0.15) is 5.75 Å². The Bertz CT molecular complexity index is 185. The highest BCUT2D eigenvalue weighted by molar-refractivity contribution is 7.27. The van der Waals surface area contributed by atoms with Crippen LogP contribution in [0.4, 0.5) is 0 Å². The highest BCUT2D eigenvalue weighted by atomic mass is 31.0. The van der Waals surface area contributed by atoms with Gasteiger partial charge in [-0.15, -0.1) is 9.24 Å². The Morgan fingerprint density at radius 1 is 1.22 bits per heavy atom. The van der Waals surface area contributed by atoms with E-state index in [1.807, 2.05) is 24.3 Å². The van der Waals surface area contributed by atoms with Crippen LogP contribution in [-0.4, -0.2) is 10.5 Å². The molecule has 48 valence electrons. The third-order valence-corrected chi connectivity index (χ3v) is 1.97. The van der Waals surface area contributed by atoms with E-state index >= 15 is 0 Å². The Morgan fingerprint density at radius 3 is 2.22 bits per heavy atom. The van der Waals surface area contributed by atoms with Crippen LogP contribution in [-0.2, 0) is 0 Å². The molecular formula is C6H9OPSi. The van der Waals surface area contributed by atoms with E-state index in [1.165, 1.54) is 5.30 Å². The fourth-order valence-corrected chi connectivity index (χ4v) is 1.07. The summed E-state index contributed by atoms with van der Waals surface area (Å²) in [6.45, 7) is 0. The van der Waals surface area contributed by atoms with Crippen molar-refractivity contribution in [3.05, 3.63) is 24.3 Å². The molecule has 0 aromatic heterocycles. The van der Waals surface area contributed by atoms with E-state index in [0.29, 0.717) is 0 Å². The lowest BCUT2D eigenvalue weighted by molar-refractivity contribution is 0.616. The van der Waals surface area contributed by atoms with Crippen LogP contribution in [0.1, 0.15) is 0 Å². The predicted octanol–water partition coefficient (Wildman–Crippen LogP) is -0.154. The van der Waals surface area contributed by atoms with Crippen molar-refractivity contribution >= 4 is 25.0 Å². The van der Waals surface area contributed by atoms with Crippen molar-refractivity contribution in [3.63, 3.8) is 0 Å². The van der Waals surface area contributed by atoms with E-state index in [2.05, 4.69) is 9.24 Å². The van der Waals surface area contributed by atoms with E-state index < -0.39 is 0 Å². The lowest BCUT2D eigenvalue weighted by Crippen LogP contribution is -1.89. The Labute approximate surface area is 60.2 Å². The van der Waals surface area contributed by atoms with Gasteiger partial charge in [0.15, 0.2) is 0 Å². The monoisotopic (exact) mass is 156 g/mol. The molecule has 1 atom stereocenters. The van der Waals surface area contributed by atoms with Gasteiger partial charge in [0, 0.05) is 0 Å². The van der Waals surface area contributed by atoms with Crippen LogP contribution in [0.3, 0.4) is 0 Å². The summed E-state index contributed by atoms with van der Waals surface area (Å²) in [5.74, 6) is 0.966. The van der Waals surface area contributed by atoms with Crippen LogP contribution >= 0.6 is 9.24 Å². The molecule has 1 rings (SSSR count). The van der Waals surface area contributed by atoms with E-state index in [1.54, 1.807) is 0 Å². The standard InChI is InChI=1S/C6H9OPSi/c8-6-3-1-5(7-9)2-4-6/h1-4H,8H2,9H3. The van der Waals surface area contributed by atoms with Crippen LogP contribution < -0.4 is 9.73 Å².